The van der Waals surface area contributed by atoms with Gasteiger partial charge in [-0.25, -0.2) is 4.79 Å². The van der Waals surface area contributed by atoms with E-state index in [9.17, 15) is 4.79 Å². The SMILES string of the molecule is CCOc1ccc(-c2nnc(SCc3cc(=O)oc4c(C)c(C)ccc34)o2)cc1. The number of nitrogens with zero attached hydrogens (tertiary/aromatic N) is 2. The molecular weight excluding hydrogens is 388 g/mol. The number of thioether (sulfide) groups is 1. The summed E-state index contributed by atoms with van der Waals surface area (Å²) < 4.78 is 16.6. The van der Waals surface area contributed by atoms with Crippen LogP contribution in [0.1, 0.15) is 23.6 Å². The molecule has 0 saturated heterocycles. The van der Waals surface area contributed by atoms with E-state index in [0.717, 1.165) is 33.4 Å². The van der Waals surface area contributed by atoms with Crippen molar-refractivity contribution < 1.29 is 13.6 Å². The largest absolute Gasteiger partial charge is 0.494 e. The van der Waals surface area contributed by atoms with E-state index in [0.29, 0.717) is 29.1 Å². The lowest BCUT2D eigenvalue weighted by Crippen LogP contribution is -2.01. The Hall–Kier alpha value is -3.06. The minimum atomic E-state index is -0.359. The minimum Gasteiger partial charge on any atom is -0.494 e. The van der Waals surface area contributed by atoms with Crippen molar-refractivity contribution in [2.75, 3.05) is 6.61 Å². The molecule has 0 aliphatic rings. The van der Waals surface area contributed by atoms with E-state index in [-0.39, 0.29) is 5.63 Å². The lowest BCUT2D eigenvalue weighted by atomic mass is 10.0. The molecule has 0 aliphatic heterocycles. The van der Waals surface area contributed by atoms with Crippen LogP contribution in [0.4, 0.5) is 0 Å². The van der Waals surface area contributed by atoms with Crippen molar-refractivity contribution in [3.8, 4) is 17.2 Å². The van der Waals surface area contributed by atoms with Crippen molar-refractivity contribution in [3.05, 3.63) is 69.6 Å². The molecular formula is C22H20N2O4S. The average molecular weight is 408 g/mol. The summed E-state index contributed by atoms with van der Waals surface area (Å²) in [7, 11) is 0. The summed E-state index contributed by atoms with van der Waals surface area (Å²) in [4.78, 5) is 12.0. The van der Waals surface area contributed by atoms with E-state index < -0.39 is 0 Å². The first kappa shape index (κ1) is 19.3. The normalized spacial score (nSPS) is 11.1. The summed E-state index contributed by atoms with van der Waals surface area (Å²) in [5.74, 6) is 1.76. The Balaban J connectivity index is 1.55. The Labute approximate surface area is 171 Å². The molecule has 4 aromatic rings. The van der Waals surface area contributed by atoms with Crippen LogP contribution in [0, 0.1) is 13.8 Å². The van der Waals surface area contributed by atoms with E-state index in [1.165, 1.54) is 17.8 Å². The standard InChI is InChI=1S/C22H20N2O4S/c1-4-26-17-8-6-15(7-9-17)21-23-24-22(28-21)29-12-16-11-19(25)27-20-14(3)13(2)5-10-18(16)20/h5-11H,4,12H2,1-3H3. The minimum absolute atomic E-state index is 0.359. The number of hydrogen-bond donors (Lipinski definition) is 0. The number of rotatable bonds is 6. The van der Waals surface area contributed by atoms with Gasteiger partial charge in [-0.2, -0.15) is 0 Å². The summed E-state index contributed by atoms with van der Waals surface area (Å²) in [5.41, 5.74) is 4.04. The number of hydrogen-bond acceptors (Lipinski definition) is 7. The average Bonchev–Trinajstić information content (AvgIpc) is 3.19. The van der Waals surface area contributed by atoms with Crippen molar-refractivity contribution in [1.29, 1.82) is 0 Å². The second-order valence-electron chi connectivity index (χ2n) is 6.59. The smallest absolute Gasteiger partial charge is 0.336 e. The molecule has 29 heavy (non-hydrogen) atoms. The molecule has 148 valence electrons. The van der Waals surface area contributed by atoms with Gasteiger partial charge in [0.2, 0.25) is 5.89 Å². The van der Waals surface area contributed by atoms with E-state index in [1.807, 2.05) is 57.2 Å². The van der Waals surface area contributed by atoms with Crippen LogP contribution in [-0.4, -0.2) is 16.8 Å². The number of aryl methyl sites for hydroxylation is 2. The highest BCUT2D eigenvalue weighted by Crippen LogP contribution is 2.30. The topological polar surface area (TPSA) is 78.4 Å². The number of ether oxygens (including phenoxy) is 1. The quantitative estimate of drug-likeness (QED) is 0.322. The van der Waals surface area contributed by atoms with E-state index in [4.69, 9.17) is 13.6 Å². The third-order valence-electron chi connectivity index (χ3n) is 4.69. The third kappa shape index (κ3) is 4.05. The van der Waals surface area contributed by atoms with Crippen LogP contribution in [0.25, 0.3) is 22.4 Å². The van der Waals surface area contributed by atoms with Crippen LogP contribution in [0.3, 0.4) is 0 Å². The zero-order valence-electron chi connectivity index (χ0n) is 16.4. The van der Waals surface area contributed by atoms with Crippen molar-refractivity contribution in [2.24, 2.45) is 0 Å². The van der Waals surface area contributed by atoms with Gasteiger partial charge < -0.3 is 13.6 Å². The second kappa shape index (κ2) is 8.13. The molecule has 0 N–H and O–H groups in total. The summed E-state index contributed by atoms with van der Waals surface area (Å²) in [6.45, 7) is 6.51. The fourth-order valence-corrected chi connectivity index (χ4v) is 3.78. The van der Waals surface area contributed by atoms with Crippen LogP contribution < -0.4 is 10.4 Å². The third-order valence-corrected chi connectivity index (χ3v) is 5.55. The molecule has 4 rings (SSSR count). The highest BCUT2D eigenvalue weighted by atomic mass is 32.2. The Kier molecular flexibility index (Phi) is 5.40. The number of aromatic nitrogens is 2. The number of fused-ring (bicyclic) bond motifs is 1. The van der Waals surface area contributed by atoms with Gasteiger partial charge in [-0.3, -0.25) is 0 Å². The zero-order chi connectivity index (χ0) is 20.4. The molecule has 2 aromatic carbocycles. The van der Waals surface area contributed by atoms with E-state index >= 15 is 0 Å². The van der Waals surface area contributed by atoms with Crippen molar-refractivity contribution in [1.82, 2.24) is 10.2 Å². The van der Waals surface area contributed by atoms with Crippen LogP contribution in [0.2, 0.25) is 0 Å². The summed E-state index contributed by atoms with van der Waals surface area (Å²) in [6.07, 6.45) is 0. The Morgan fingerprint density at radius 2 is 1.83 bits per heavy atom. The Bertz CT molecular complexity index is 1210. The fraction of sp³-hybridized carbons (Fsp3) is 0.227. The van der Waals surface area contributed by atoms with Gasteiger partial charge >= 0.3 is 5.63 Å². The van der Waals surface area contributed by atoms with Crippen LogP contribution in [0.15, 0.2) is 61.3 Å². The van der Waals surface area contributed by atoms with Crippen LogP contribution >= 0.6 is 11.8 Å². The molecule has 7 heteroatoms. The first-order valence-corrected chi connectivity index (χ1v) is 10.3. The maximum absolute atomic E-state index is 12.0. The first-order chi connectivity index (χ1) is 14.0. The molecule has 2 aromatic heterocycles. The highest BCUT2D eigenvalue weighted by Gasteiger charge is 2.13. The molecule has 0 radical (unpaired) electrons. The first-order valence-electron chi connectivity index (χ1n) is 9.27. The van der Waals surface area contributed by atoms with Crippen molar-refractivity contribution in [2.45, 2.75) is 31.7 Å². The lowest BCUT2D eigenvalue weighted by molar-refractivity contribution is 0.340. The maximum Gasteiger partial charge on any atom is 0.336 e. The van der Waals surface area contributed by atoms with Crippen LogP contribution in [-0.2, 0) is 5.75 Å². The van der Waals surface area contributed by atoms with Crippen LogP contribution in [0.5, 0.6) is 5.75 Å². The van der Waals surface area contributed by atoms with Gasteiger partial charge in [0, 0.05) is 22.8 Å². The molecule has 0 spiro atoms. The summed E-state index contributed by atoms with van der Waals surface area (Å²) >= 11 is 1.39. The maximum atomic E-state index is 12.0. The number of benzene rings is 2. The molecule has 0 aliphatic carbocycles. The van der Waals surface area contributed by atoms with Gasteiger partial charge in [0.25, 0.3) is 5.22 Å². The predicted molar refractivity (Wildman–Crippen MR) is 112 cm³/mol. The molecule has 0 saturated carbocycles. The monoisotopic (exact) mass is 408 g/mol. The molecule has 0 unspecified atom stereocenters. The zero-order valence-corrected chi connectivity index (χ0v) is 17.2. The van der Waals surface area contributed by atoms with Gasteiger partial charge in [0.15, 0.2) is 0 Å². The Morgan fingerprint density at radius 1 is 1.03 bits per heavy atom. The summed E-state index contributed by atoms with van der Waals surface area (Å²) in [5, 5.41) is 9.60. The second-order valence-corrected chi connectivity index (χ2v) is 7.52. The van der Waals surface area contributed by atoms with Crippen molar-refractivity contribution in [3.63, 3.8) is 0 Å². The predicted octanol–water partition coefficient (Wildman–Crippen LogP) is 5.15. The van der Waals surface area contributed by atoms with E-state index in [1.54, 1.807) is 0 Å². The van der Waals surface area contributed by atoms with Gasteiger partial charge in [0.1, 0.15) is 11.3 Å². The van der Waals surface area contributed by atoms with Crippen molar-refractivity contribution >= 4 is 22.7 Å². The molecule has 0 bridgehead atoms. The molecule has 2 heterocycles. The van der Waals surface area contributed by atoms with Gasteiger partial charge in [-0.1, -0.05) is 23.9 Å². The van der Waals surface area contributed by atoms with Gasteiger partial charge in [0.05, 0.1) is 6.61 Å². The van der Waals surface area contributed by atoms with E-state index in [2.05, 4.69) is 10.2 Å². The van der Waals surface area contributed by atoms with Gasteiger partial charge in [-0.15, -0.1) is 10.2 Å². The van der Waals surface area contributed by atoms with Gasteiger partial charge in [-0.05, 0) is 61.7 Å². The summed E-state index contributed by atoms with van der Waals surface area (Å²) in [6, 6.07) is 13.0. The molecule has 0 atom stereocenters. The Morgan fingerprint density at radius 3 is 2.59 bits per heavy atom. The molecule has 0 amide bonds. The molecule has 0 fully saturated rings. The lowest BCUT2D eigenvalue weighted by Gasteiger charge is -2.07. The highest BCUT2D eigenvalue weighted by molar-refractivity contribution is 7.98. The molecule has 6 nitrogen and oxygen atoms in total. The fourth-order valence-electron chi connectivity index (χ4n) is 3.03.